The van der Waals surface area contributed by atoms with Crippen LogP contribution in [0.3, 0.4) is 0 Å². The first kappa shape index (κ1) is 9.58. The first-order chi connectivity index (χ1) is 7.13. The van der Waals surface area contributed by atoms with Gasteiger partial charge in [-0.3, -0.25) is 4.79 Å². The van der Waals surface area contributed by atoms with Crippen molar-refractivity contribution in [2.75, 3.05) is 7.11 Å². The van der Waals surface area contributed by atoms with E-state index in [2.05, 4.69) is 0 Å². The Morgan fingerprint density at radius 1 is 1.47 bits per heavy atom. The van der Waals surface area contributed by atoms with Crippen molar-refractivity contribution >= 4 is 16.9 Å². The van der Waals surface area contributed by atoms with E-state index in [0.29, 0.717) is 16.9 Å². The Morgan fingerprint density at radius 2 is 2.20 bits per heavy atom. The first-order valence-corrected chi connectivity index (χ1v) is 4.49. The zero-order valence-corrected chi connectivity index (χ0v) is 8.53. The lowest BCUT2D eigenvalue weighted by molar-refractivity contribution is 0.1000. The number of primary amides is 1. The molecule has 0 spiro atoms. The Kier molecular flexibility index (Phi) is 2.11. The number of rotatable bonds is 2. The second kappa shape index (κ2) is 3.31. The number of furan rings is 1. The van der Waals surface area contributed by atoms with E-state index >= 15 is 0 Å². The lowest BCUT2D eigenvalue weighted by Gasteiger charge is -2.03. The largest absolute Gasteiger partial charge is 0.493 e. The second-order valence-corrected chi connectivity index (χ2v) is 3.34. The van der Waals surface area contributed by atoms with Gasteiger partial charge in [-0.1, -0.05) is 0 Å². The van der Waals surface area contributed by atoms with Crippen molar-refractivity contribution in [1.82, 2.24) is 0 Å². The summed E-state index contributed by atoms with van der Waals surface area (Å²) in [6, 6.07) is 3.28. The van der Waals surface area contributed by atoms with Gasteiger partial charge in [0.05, 0.1) is 13.4 Å². The molecule has 0 aliphatic rings. The van der Waals surface area contributed by atoms with E-state index in [9.17, 15) is 4.79 Å². The van der Waals surface area contributed by atoms with Gasteiger partial charge in [-0.2, -0.15) is 0 Å². The first-order valence-electron chi connectivity index (χ1n) is 4.49. The maximum atomic E-state index is 11.1. The molecule has 0 fully saturated rings. The van der Waals surface area contributed by atoms with Gasteiger partial charge in [0, 0.05) is 10.9 Å². The normalized spacial score (nSPS) is 10.5. The summed E-state index contributed by atoms with van der Waals surface area (Å²) in [6.07, 6.45) is 1.62. The minimum absolute atomic E-state index is 0.420. The fourth-order valence-corrected chi connectivity index (χ4v) is 1.52. The van der Waals surface area contributed by atoms with E-state index in [4.69, 9.17) is 14.9 Å². The predicted molar refractivity (Wildman–Crippen MR) is 56.0 cm³/mol. The quantitative estimate of drug-likeness (QED) is 0.813. The van der Waals surface area contributed by atoms with Crippen LogP contribution in [0.2, 0.25) is 0 Å². The third-order valence-electron chi connectivity index (χ3n) is 2.34. The molecule has 15 heavy (non-hydrogen) atoms. The summed E-state index contributed by atoms with van der Waals surface area (Å²) >= 11 is 0. The molecule has 0 aliphatic carbocycles. The number of methoxy groups -OCH3 is 1. The van der Waals surface area contributed by atoms with Crippen molar-refractivity contribution in [1.29, 1.82) is 0 Å². The van der Waals surface area contributed by atoms with Crippen LogP contribution >= 0.6 is 0 Å². The van der Waals surface area contributed by atoms with Crippen LogP contribution in [0.5, 0.6) is 5.75 Å². The molecule has 1 aromatic carbocycles. The van der Waals surface area contributed by atoms with Gasteiger partial charge in [-0.05, 0) is 24.6 Å². The van der Waals surface area contributed by atoms with Gasteiger partial charge in [0.1, 0.15) is 0 Å². The van der Waals surface area contributed by atoms with Crippen molar-refractivity contribution in [3.8, 4) is 5.75 Å². The molecule has 1 heterocycles. The highest BCUT2D eigenvalue weighted by Gasteiger charge is 2.12. The zero-order valence-electron chi connectivity index (χ0n) is 8.53. The maximum Gasteiger partial charge on any atom is 0.248 e. The molecular weight excluding hydrogens is 194 g/mol. The Bertz CT molecular complexity index is 528. The van der Waals surface area contributed by atoms with Crippen LogP contribution in [0.15, 0.2) is 22.8 Å². The average molecular weight is 205 g/mol. The van der Waals surface area contributed by atoms with Crippen LogP contribution in [0.25, 0.3) is 11.0 Å². The number of hydrogen-bond donors (Lipinski definition) is 1. The Balaban J connectivity index is 2.79. The average Bonchev–Trinajstić information content (AvgIpc) is 2.59. The van der Waals surface area contributed by atoms with E-state index in [0.717, 1.165) is 10.9 Å². The summed E-state index contributed by atoms with van der Waals surface area (Å²) in [7, 11) is 1.53. The van der Waals surface area contributed by atoms with E-state index in [1.165, 1.54) is 7.11 Å². The summed E-state index contributed by atoms with van der Waals surface area (Å²) in [5, 5.41) is 0.850. The van der Waals surface area contributed by atoms with Crippen molar-refractivity contribution < 1.29 is 13.9 Å². The van der Waals surface area contributed by atoms with Crippen LogP contribution in [0, 0.1) is 6.92 Å². The second-order valence-electron chi connectivity index (χ2n) is 3.34. The summed E-state index contributed by atoms with van der Waals surface area (Å²) in [6.45, 7) is 1.90. The topological polar surface area (TPSA) is 65.5 Å². The molecule has 0 radical (unpaired) electrons. The highest BCUT2D eigenvalue weighted by molar-refractivity contribution is 5.99. The van der Waals surface area contributed by atoms with Crippen LogP contribution in [-0.2, 0) is 0 Å². The summed E-state index contributed by atoms with van der Waals surface area (Å²) in [5.74, 6) is 0.0465. The molecule has 0 saturated carbocycles. The van der Waals surface area contributed by atoms with Gasteiger partial charge in [-0.15, -0.1) is 0 Å². The molecule has 4 heteroatoms. The van der Waals surface area contributed by atoms with Crippen molar-refractivity contribution in [2.45, 2.75) is 6.92 Å². The van der Waals surface area contributed by atoms with Crippen LogP contribution in [-0.4, -0.2) is 13.0 Å². The minimum Gasteiger partial charge on any atom is -0.493 e. The standard InChI is InChI=1S/C11H11NO3/c1-6-5-15-10-8(6)3-7(11(12)13)4-9(10)14-2/h3-5H,1-2H3,(H2,12,13). The number of carbonyl (C=O) groups is 1. The fraction of sp³-hybridized carbons (Fsp3) is 0.182. The van der Waals surface area contributed by atoms with Crippen LogP contribution in [0.4, 0.5) is 0 Å². The van der Waals surface area contributed by atoms with E-state index in [1.807, 2.05) is 6.92 Å². The molecule has 0 aliphatic heterocycles. The smallest absolute Gasteiger partial charge is 0.248 e. The van der Waals surface area contributed by atoms with Gasteiger partial charge in [0.15, 0.2) is 11.3 Å². The van der Waals surface area contributed by atoms with E-state index < -0.39 is 5.91 Å². The molecular formula is C11H11NO3. The minimum atomic E-state index is -0.476. The van der Waals surface area contributed by atoms with Crippen LogP contribution < -0.4 is 10.5 Å². The number of nitrogens with two attached hydrogens (primary N) is 1. The number of benzene rings is 1. The van der Waals surface area contributed by atoms with Gasteiger partial charge >= 0.3 is 0 Å². The van der Waals surface area contributed by atoms with Gasteiger partial charge in [0.2, 0.25) is 5.91 Å². The lowest BCUT2D eigenvalue weighted by atomic mass is 10.1. The monoisotopic (exact) mass is 205 g/mol. The molecule has 0 bridgehead atoms. The summed E-state index contributed by atoms with van der Waals surface area (Å²) in [5.41, 5.74) is 7.23. The van der Waals surface area contributed by atoms with Crippen LogP contribution in [0.1, 0.15) is 15.9 Å². The van der Waals surface area contributed by atoms with E-state index in [-0.39, 0.29) is 0 Å². The molecule has 2 rings (SSSR count). The third kappa shape index (κ3) is 1.44. The van der Waals surface area contributed by atoms with Gasteiger partial charge in [-0.25, -0.2) is 0 Å². The van der Waals surface area contributed by atoms with Crippen molar-refractivity contribution in [3.63, 3.8) is 0 Å². The summed E-state index contributed by atoms with van der Waals surface area (Å²) in [4.78, 5) is 11.1. The van der Waals surface area contributed by atoms with Gasteiger partial charge in [0.25, 0.3) is 0 Å². The Labute approximate surface area is 86.6 Å². The van der Waals surface area contributed by atoms with Crippen molar-refractivity contribution in [3.05, 3.63) is 29.5 Å². The Hall–Kier alpha value is -1.97. The molecule has 0 atom stereocenters. The molecule has 4 nitrogen and oxygen atoms in total. The number of ether oxygens (including phenoxy) is 1. The zero-order chi connectivity index (χ0) is 11.0. The van der Waals surface area contributed by atoms with Gasteiger partial charge < -0.3 is 14.9 Å². The summed E-state index contributed by atoms with van der Waals surface area (Å²) < 4.78 is 10.5. The maximum absolute atomic E-state index is 11.1. The Morgan fingerprint density at radius 3 is 2.80 bits per heavy atom. The SMILES string of the molecule is COc1cc(C(N)=O)cc2c(C)coc12. The predicted octanol–water partition coefficient (Wildman–Crippen LogP) is 1.85. The number of amides is 1. The molecule has 0 unspecified atom stereocenters. The highest BCUT2D eigenvalue weighted by Crippen LogP contribution is 2.30. The fourth-order valence-electron chi connectivity index (χ4n) is 1.52. The molecule has 2 aromatic rings. The molecule has 1 aromatic heterocycles. The molecule has 2 N–H and O–H groups in total. The van der Waals surface area contributed by atoms with Crippen molar-refractivity contribution in [2.24, 2.45) is 5.73 Å². The molecule has 1 amide bonds. The highest BCUT2D eigenvalue weighted by atomic mass is 16.5. The molecule has 78 valence electrons. The lowest BCUT2D eigenvalue weighted by Crippen LogP contribution is -2.10. The number of carbonyl (C=O) groups excluding carboxylic acids is 1. The number of fused-ring (bicyclic) bond motifs is 1. The number of aryl methyl sites for hydroxylation is 1. The number of hydrogen-bond acceptors (Lipinski definition) is 3. The third-order valence-corrected chi connectivity index (χ3v) is 2.34. The molecule has 0 saturated heterocycles. The van der Waals surface area contributed by atoms with E-state index in [1.54, 1.807) is 18.4 Å².